The Labute approximate surface area is 152 Å². The maximum atomic E-state index is 12.6. The molecule has 0 aliphatic carbocycles. The molecule has 1 aliphatic rings. The van der Waals surface area contributed by atoms with Gasteiger partial charge in [0.2, 0.25) is 0 Å². The molecule has 0 saturated carbocycles. The molecule has 2 rings (SSSR count). The van der Waals surface area contributed by atoms with Gasteiger partial charge in [-0.15, -0.1) is 0 Å². The van der Waals surface area contributed by atoms with Gasteiger partial charge in [0, 0.05) is 13.2 Å². The van der Waals surface area contributed by atoms with E-state index in [0.717, 1.165) is 0 Å². The summed E-state index contributed by atoms with van der Waals surface area (Å²) < 4.78 is 15.7. The number of aliphatic hydroxyl groups excluding tert-OH is 1. The maximum absolute atomic E-state index is 12.6. The van der Waals surface area contributed by atoms with Crippen molar-refractivity contribution in [2.45, 2.75) is 6.92 Å². The number of hydrogen-bond donors (Lipinski definition) is 2. The van der Waals surface area contributed by atoms with Gasteiger partial charge in [0.25, 0.3) is 5.91 Å². The lowest BCUT2D eigenvalue weighted by atomic mass is 10.2. The third-order valence-electron chi connectivity index (χ3n) is 3.79. The Hall–Kier alpha value is -2.58. The zero-order valence-electron chi connectivity index (χ0n) is 15.0. The summed E-state index contributed by atoms with van der Waals surface area (Å²) >= 11 is 0. The standard InChI is InChI=1S/C18H24N2O6/c1-3-25-10-11-26-15-7-5-4-6-14(15)19-16-13(18(23)24-2)12-20(8-9-21)17(16)22/h4-7,19,21H,3,8-12H2,1-2H3. The number of carbonyl (C=O) groups is 2. The Morgan fingerprint density at radius 3 is 2.77 bits per heavy atom. The molecule has 0 spiro atoms. The number of anilines is 1. The first-order valence-electron chi connectivity index (χ1n) is 8.40. The Morgan fingerprint density at radius 1 is 1.31 bits per heavy atom. The lowest BCUT2D eigenvalue weighted by Crippen LogP contribution is -2.31. The van der Waals surface area contributed by atoms with Crippen LogP contribution in [0.25, 0.3) is 0 Å². The zero-order valence-corrected chi connectivity index (χ0v) is 15.0. The number of β-amino-alcohol motifs (C(OH)–C–C–N with tert-alkyl or cyclic N) is 1. The van der Waals surface area contributed by atoms with Gasteiger partial charge in [0.1, 0.15) is 18.1 Å². The molecule has 1 aromatic rings. The highest BCUT2D eigenvalue weighted by Crippen LogP contribution is 2.29. The molecular formula is C18H24N2O6. The van der Waals surface area contributed by atoms with Crippen LogP contribution in [0.2, 0.25) is 0 Å². The summed E-state index contributed by atoms with van der Waals surface area (Å²) in [5.74, 6) is -0.420. The number of nitrogens with one attached hydrogen (secondary N) is 1. The average Bonchev–Trinajstić information content (AvgIpc) is 2.96. The number of nitrogens with zero attached hydrogens (tertiary/aromatic N) is 1. The smallest absolute Gasteiger partial charge is 0.337 e. The summed E-state index contributed by atoms with van der Waals surface area (Å²) in [5.41, 5.74) is 0.904. The molecule has 0 fully saturated rings. The van der Waals surface area contributed by atoms with E-state index in [2.05, 4.69) is 5.32 Å². The Balaban J connectivity index is 2.21. The van der Waals surface area contributed by atoms with Gasteiger partial charge in [-0.05, 0) is 19.1 Å². The minimum absolute atomic E-state index is 0.0851. The number of benzene rings is 1. The van der Waals surface area contributed by atoms with Crippen molar-refractivity contribution >= 4 is 17.6 Å². The van der Waals surface area contributed by atoms with Crippen LogP contribution in [0.4, 0.5) is 5.69 Å². The highest BCUT2D eigenvalue weighted by molar-refractivity contribution is 6.08. The molecule has 1 aromatic carbocycles. The molecule has 26 heavy (non-hydrogen) atoms. The first-order valence-corrected chi connectivity index (χ1v) is 8.40. The van der Waals surface area contributed by atoms with Crippen molar-refractivity contribution in [2.75, 3.05) is 51.9 Å². The number of ether oxygens (including phenoxy) is 3. The van der Waals surface area contributed by atoms with Crippen LogP contribution in [0.1, 0.15) is 6.92 Å². The monoisotopic (exact) mass is 364 g/mol. The second kappa shape index (κ2) is 9.79. The van der Waals surface area contributed by atoms with Crippen LogP contribution in [0.5, 0.6) is 5.75 Å². The van der Waals surface area contributed by atoms with Crippen molar-refractivity contribution in [3.8, 4) is 5.75 Å². The van der Waals surface area contributed by atoms with E-state index in [0.29, 0.717) is 31.3 Å². The van der Waals surface area contributed by atoms with Crippen molar-refractivity contribution in [3.63, 3.8) is 0 Å². The van der Waals surface area contributed by atoms with Gasteiger partial charge in [-0.25, -0.2) is 4.79 Å². The second-order valence-corrected chi connectivity index (χ2v) is 5.46. The van der Waals surface area contributed by atoms with E-state index in [1.807, 2.05) is 13.0 Å². The summed E-state index contributed by atoms with van der Waals surface area (Å²) in [6, 6.07) is 7.11. The van der Waals surface area contributed by atoms with Crippen LogP contribution in [-0.4, -0.2) is 68.5 Å². The SMILES string of the molecule is CCOCCOc1ccccc1NC1=C(C(=O)OC)CN(CCO)C1=O. The Bertz CT molecular complexity index is 673. The van der Waals surface area contributed by atoms with Gasteiger partial charge in [0.05, 0.1) is 38.1 Å². The number of carbonyl (C=O) groups excluding carboxylic acids is 2. The van der Waals surface area contributed by atoms with Crippen LogP contribution in [0.3, 0.4) is 0 Å². The zero-order chi connectivity index (χ0) is 18.9. The van der Waals surface area contributed by atoms with Crippen LogP contribution in [0.15, 0.2) is 35.5 Å². The van der Waals surface area contributed by atoms with Gasteiger partial charge in [-0.1, -0.05) is 12.1 Å². The van der Waals surface area contributed by atoms with E-state index in [9.17, 15) is 9.59 Å². The normalized spacial score (nSPS) is 14.0. The van der Waals surface area contributed by atoms with Gasteiger partial charge in [0.15, 0.2) is 0 Å². The maximum Gasteiger partial charge on any atom is 0.337 e. The van der Waals surface area contributed by atoms with E-state index >= 15 is 0 Å². The summed E-state index contributed by atoms with van der Waals surface area (Å²) in [7, 11) is 1.26. The van der Waals surface area contributed by atoms with Crippen molar-refractivity contribution in [1.29, 1.82) is 0 Å². The average molecular weight is 364 g/mol. The molecule has 8 nitrogen and oxygen atoms in total. The molecule has 0 saturated heterocycles. The topological polar surface area (TPSA) is 97.3 Å². The van der Waals surface area contributed by atoms with Gasteiger partial charge >= 0.3 is 5.97 Å². The van der Waals surface area contributed by atoms with Crippen molar-refractivity contribution in [1.82, 2.24) is 4.90 Å². The fourth-order valence-corrected chi connectivity index (χ4v) is 2.53. The minimum Gasteiger partial charge on any atom is -0.489 e. The summed E-state index contributed by atoms with van der Waals surface area (Å²) in [6.45, 7) is 3.35. The van der Waals surface area contributed by atoms with Gasteiger partial charge < -0.3 is 29.5 Å². The predicted molar refractivity (Wildman–Crippen MR) is 94.8 cm³/mol. The molecular weight excluding hydrogens is 340 g/mol. The lowest BCUT2D eigenvalue weighted by Gasteiger charge is -2.16. The quantitative estimate of drug-likeness (QED) is 0.468. The molecule has 0 radical (unpaired) electrons. The largest absolute Gasteiger partial charge is 0.489 e. The Morgan fingerprint density at radius 2 is 2.08 bits per heavy atom. The van der Waals surface area contributed by atoms with E-state index < -0.39 is 5.97 Å². The fraction of sp³-hybridized carbons (Fsp3) is 0.444. The highest BCUT2D eigenvalue weighted by Gasteiger charge is 2.34. The number of hydrogen-bond acceptors (Lipinski definition) is 7. The number of methoxy groups -OCH3 is 1. The van der Waals surface area contributed by atoms with Gasteiger partial charge in [-0.3, -0.25) is 4.79 Å². The van der Waals surface area contributed by atoms with Crippen molar-refractivity contribution in [3.05, 3.63) is 35.5 Å². The second-order valence-electron chi connectivity index (χ2n) is 5.46. The number of esters is 1. The number of rotatable bonds is 10. The molecule has 0 aromatic heterocycles. The third-order valence-corrected chi connectivity index (χ3v) is 3.79. The Kier molecular flexibility index (Phi) is 7.43. The third kappa shape index (κ3) is 4.74. The predicted octanol–water partition coefficient (Wildman–Crippen LogP) is 0.775. The molecule has 8 heteroatoms. The highest BCUT2D eigenvalue weighted by atomic mass is 16.5. The lowest BCUT2D eigenvalue weighted by molar-refractivity contribution is -0.136. The van der Waals surface area contributed by atoms with E-state index in [4.69, 9.17) is 19.3 Å². The van der Waals surface area contributed by atoms with Crippen LogP contribution in [-0.2, 0) is 19.1 Å². The van der Waals surface area contributed by atoms with E-state index in [1.165, 1.54) is 12.0 Å². The number of para-hydroxylation sites is 2. The molecule has 2 N–H and O–H groups in total. The molecule has 0 unspecified atom stereocenters. The van der Waals surface area contributed by atoms with Crippen LogP contribution < -0.4 is 10.1 Å². The van der Waals surface area contributed by atoms with Crippen molar-refractivity contribution in [2.24, 2.45) is 0 Å². The van der Waals surface area contributed by atoms with Crippen LogP contribution in [0, 0.1) is 0 Å². The van der Waals surface area contributed by atoms with E-state index in [-0.39, 0.29) is 36.9 Å². The van der Waals surface area contributed by atoms with Crippen LogP contribution >= 0.6 is 0 Å². The van der Waals surface area contributed by atoms with Gasteiger partial charge in [-0.2, -0.15) is 0 Å². The van der Waals surface area contributed by atoms with E-state index in [1.54, 1.807) is 18.2 Å². The fourth-order valence-electron chi connectivity index (χ4n) is 2.53. The summed E-state index contributed by atoms with van der Waals surface area (Å²) in [6.07, 6.45) is 0. The number of amides is 1. The molecule has 1 amide bonds. The first-order chi connectivity index (χ1) is 12.6. The molecule has 142 valence electrons. The molecule has 0 atom stereocenters. The first kappa shape index (κ1) is 19.7. The van der Waals surface area contributed by atoms with Crippen molar-refractivity contribution < 1.29 is 28.9 Å². The number of aliphatic hydroxyl groups is 1. The molecule has 1 heterocycles. The molecule has 1 aliphatic heterocycles. The summed E-state index contributed by atoms with van der Waals surface area (Å²) in [4.78, 5) is 26.0. The minimum atomic E-state index is -0.587. The summed E-state index contributed by atoms with van der Waals surface area (Å²) in [5, 5.41) is 12.1. The molecule has 0 bridgehead atoms.